The van der Waals surface area contributed by atoms with Gasteiger partial charge in [-0.25, -0.2) is 0 Å². The number of phenols is 2. The van der Waals surface area contributed by atoms with Crippen LogP contribution in [0.1, 0.15) is 11.1 Å². The summed E-state index contributed by atoms with van der Waals surface area (Å²) in [7, 11) is -20.5. The van der Waals surface area contributed by atoms with Crippen molar-refractivity contribution in [1.82, 2.24) is 0 Å². The van der Waals surface area contributed by atoms with Gasteiger partial charge in [0.2, 0.25) is 0 Å². The molecule has 0 atom stereocenters. The molecule has 6 aromatic carbocycles. The maximum Gasteiger partial charge on any atom is 0.296 e. The molecule has 0 amide bonds. The van der Waals surface area contributed by atoms with Crippen molar-refractivity contribution in [2.75, 3.05) is 11.5 Å². The number of nitrogens with zero attached hydrogens (tertiary/aromatic N) is 4. The molecule has 0 spiro atoms. The van der Waals surface area contributed by atoms with Gasteiger partial charge in [0.25, 0.3) is 40.5 Å². The van der Waals surface area contributed by atoms with Crippen LogP contribution in [0.15, 0.2) is 113 Å². The summed E-state index contributed by atoms with van der Waals surface area (Å²) in [6, 6.07) is 15.1. The van der Waals surface area contributed by atoms with Gasteiger partial charge in [-0.1, -0.05) is 35.4 Å². The highest BCUT2D eigenvalue weighted by molar-refractivity contribution is 7.87. The monoisotopic (exact) mass is 872 g/mol. The Bertz CT molecular complexity index is 3080. The van der Waals surface area contributed by atoms with Crippen molar-refractivity contribution in [3.05, 3.63) is 83.9 Å². The molecule has 0 unspecified atom stereocenters. The predicted molar refractivity (Wildman–Crippen MR) is 209 cm³/mol. The minimum Gasteiger partial charge on any atom is -0.505 e. The number of aryl methyl sites for hydroxylation is 2. The fraction of sp³-hybridized carbons (Fsp3) is 0.0588. The molecule has 0 radical (unpaired) electrons. The van der Waals surface area contributed by atoms with E-state index in [1.165, 1.54) is 0 Å². The summed E-state index contributed by atoms with van der Waals surface area (Å²) in [6.45, 7) is 3.52. The Balaban J connectivity index is 1.49. The van der Waals surface area contributed by atoms with E-state index >= 15 is 0 Å². The lowest BCUT2D eigenvalue weighted by atomic mass is 9.98. The normalized spacial score (nSPS) is 13.0. The van der Waals surface area contributed by atoms with Crippen LogP contribution in [0.5, 0.6) is 11.5 Å². The molecule has 0 saturated heterocycles. The average Bonchev–Trinajstić information content (AvgIpc) is 3.09. The number of anilines is 2. The molecule has 6 rings (SSSR count). The van der Waals surface area contributed by atoms with Gasteiger partial charge in [0.05, 0.1) is 33.5 Å². The number of hydrogen-bond donors (Lipinski definition) is 8. The first kappa shape index (κ1) is 41.5. The van der Waals surface area contributed by atoms with Crippen molar-refractivity contribution in [1.29, 1.82) is 0 Å². The van der Waals surface area contributed by atoms with Crippen molar-refractivity contribution in [3.8, 4) is 22.6 Å². The number of azo groups is 2. The first-order valence-electron chi connectivity index (χ1n) is 15.9. The lowest BCUT2D eigenvalue weighted by molar-refractivity contribution is 0.476. The second kappa shape index (κ2) is 14.4. The van der Waals surface area contributed by atoms with Crippen LogP contribution in [0.25, 0.3) is 32.7 Å². The van der Waals surface area contributed by atoms with Gasteiger partial charge >= 0.3 is 0 Å². The molecule has 6 aromatic rings. The fourth-order valence-corrected chi connectivity index (χ4v) is 8.92. The highest BCUT2D eigenvalue weighted by atomic mass is 32.2. The van der Waals surface area contributed by atoms with Crippen LogP contribution in [-0.2, 0) is 40.5 Å². The Labute approximate surface area is 328 Å². The number of benzene rings is 6. The fourth-order valence-electron chi connectivity index (χ4n) is 6.05. The summed E-state index contributed by atoms with van der Waals surface area (Å²) in [5.41, 5.74) is 12.2. The Hall–Kier alpha value is -6.12. The molecule has 0 heterocycles. The van der Waals surface area contributed by atoms with Crippen molar-refractivity contribution < 1.29 is 62.1 Å². The second-order valence-electron chi connectivity index (χ2n) is 12.6. The van der Waals surface area contributed by atoms with Crippen LogP contribution in [0, 0.1) is 13.8 Å². The molecule has 24 heteroatoms. The predicted octanol–water partition coefficient (Wildman–Crippen LogP) is 6.67. The van der Waals surface area contributed by atoms with E-state index < -0.39 is 104 Å². The van der Waals surface area contributed by atoms with Crippen molar-refractivity contribution in [2.24, 2.45) is 20.5 Å². The zero-order valence-corrected chi connectivity index (χ0v) is 32.7. The van der Waals surface area contributed by atoms with E-state index in [2.05, 4.69) is 20.5 Å². The third-order valence-corrected chi connectivity index (χ3v) is 12.2. The number of nitrogen functional groups attached to an aromatic ring is 2. The molecule has 0 aromatic heterocycles. The number of hydrogen-bond acceptors (Lipinski definition) is 16. The Kier molecular flexibility index (Phi) is 10.3. The number of aromatic hydroxyl groups is 2. The van der Waals surface area contributed by atoms with Gasteiger partial charge in [-0.05, 0) is 62.4 Å². The Morgan fingerprint density at radius 3 is 1.03 bits per heavy atom. The first-order valence-corrected chi connectivity index (χ1v) is 21.7. The van der Waals surface area contributed by atoms with Crippen molar-refractivity contribution in [3.63, 3.8) is 0 Å². The van der Waals surface area contributed by atoms with Crippen LogP contribution in [-0.4, -0.2) is 62.1 Å². The zero-order valence-electron chi connectivity index (χ0n) is 29.5. The van der Waals surface area contributed by atoms with Gasteiger partial charge in [0, 0.05) is 21.9 Å². The van der Waals surface area contributed by atoms with Gasteiger partial charge < -0.3 is 21.7 Å². The molecule has 0 aliphatic rings. The molecule has 20 nitrogen and oxygen atoms in total. The number of nitrogens with two attached hydrogens (primary N) is 2. The largest absolute Gasteiger partial charge is 0.505 e. The highest BCUT2D eigenvalue weighted by Crippen LogP contribution is 2.47. The maximum atomic E-state index is 12.1. The van der Waals surface area contributed by atoms with Crippen molar-refractivity contribution in [2.45, 2.75) is 33.4 Å². The van der Waals surface area contributed by atoms with E-state index in [0.29, 0.717) is 23.3 Å². The molecule has 10 N–H and O–H groups in total. The standard InChI is InChI=1S/C34H28N6O14S4/c1-15-3-7-21(37-39-23-9-5-17-25(55(43,44)45)13-27(57(49,50)51)31(35)29(17)33(23)41)19(11-15)20-12-16(2)4-8-22(20)38-40-24-10-6-18-26(56(46,47)48)14-28(58(52,53)54)32(36)30(18)34(24)42/h3-14,41-42H,35-36H2,1-2H3,(H,43,44,45)(H,46,47,48)(H,49,50,51)(H,52,53,54). The molecule has 0 aliphatic carbocycles. The van der Waals surface area contributed by atoms with Gasteiger partial charge in [0.15, 0.2) is 11.5 Å². The quantitative estimate of drug-likeness (QED) is 0.0427. The summed E-state index contributed by atoms with van der Waals surface area (Å²) < 4.78 is 135. The topological polar surface area (TPSA) is 359 Å². The van der Waals surface area contributed by atoms with Gasteiger partial charge in [-0.2, -0.15) is 33.7 Å². The SMILES string of the molecule is Cc1ccc(N=Nc2ccc3c(S(=O)(=O)O)cc(S(=O)(=O)O)c(N)c3c2O)c(-c2cc(C)ccc2N=Nc2ccc3c(S(=O)(=O)O)cc(S(=O)(=O)O)c(N)c3c2O)c1. The third-order valence-electron chi connectivity index (χ3n) is 8.67. The number of rotatable bonds is 9. The van der Waals surface area contributed by atoms with Crippen LogP contribution < -0.4 is 11.5 Å². The lowest BCUT2D eigenvalue weighted by Gasteiger charge is -2.14. The van der Waals surface area contributed by atoms with E-state index in [9.17, 15) is 62.1 Å². The number of phenolic OH excluding ortho intramolecular Hbond substituents is 2. The van der Waals surface area contributed by atoms with E-state index in [0.717, 1.165) is 35.4 Å². The average molecular weight is 873 g/mol. The smallest absolute Gasteiger partial charge is 0.296 e. The zero-order chi connectivity index (χ0) is 42.9. The van der Waals surface area contributed by atoms with Crippen LogP contribution in [0.4, 0.5) is 34.1 Å². The third kappa shape index (κ3) is 7.77. The van der Waals surface area contributed by atoms with Gasteiger partial charge in [-0.3, -0.25) is 18.2 Å². The first-order chi connectivity index (χ1) is 26.8. The Morgan fingerprint density at radius 1 is 0.431 bits per heavy atom. The van der Waals surface area contributed by atoms with E-state index in [1.807, 2.05) is 0 Å². The summed E-state index contributed by atoms with van der Waals surface area (Å²) in [5, 5.41) is 37.1. The van der Waals surface area contributed by atoms with E-state index in [4.69, 9.17) is 11.5 Å². The summed E-state index contributed by atoms with van der Waals surface area (Å²) in [5.74, 6) is -1.70. The van der Waals surface area contributed by atoms with E-state index in [1.54, 1.807) is 50.2 Å². The minimum absolute atomic E-state index is 0.155. The second-order valence-corrected chi connectivity index (χ2v) is 18.2. The lowest BCUT2D eigenvalue weighted by Crippen LogP contribution is -2.08. The molecule has 302 valence electrons. The molecular formula is C34H28N6O14S4. The van der Waals surface area contributed by atoms with Crippen LogP contribution in [0.3, 0.4) is 0 Å². The van der Waals surface area contributed by atoms with Crippen LogP contribution in [0.2, 0.25) is 0 Å². The Morgan fingerprint density at radius 2 is 0.724 bits per heavy atom. The molecule has 58 heavy (non-hydrogen) atoms. The molecule has 0 saturated carbocycles. The van der Waals surface area contributed by atoms with Crippen molar-refractivity contribution >= 4 is 96.1 Å². The summed E-state index contributed by atoms with van der Waals surface area (Å²) in [4.78, 5) is -4.16. The highest BCUT2D eigenvalue weighted by Gasteiger charge is 2.28. The van der Waals surface area contributed by atoms with Gasteiger partial charge in [0.1, 0.15) is 31.0 Å². The summed E-state index contributed by atoms with van der Waals surface area (Å²) in [6.07, 6.45) is 0. The van der Waals surface area contributed by atoms with Gasteiger partial charge in [-0.15, -0.1) is 20.5 Å². The molecular weight excluding hydrogens is 845 g/mol. The maximum absolute atomic E-state index is 12.1. The van der Waals surface area contributed by atoms with E-state index in [-0.39, 0.29) is 22.7 Å². The molecule has 0 bridgehead atoms. The number of fused-ring (bicyclic) bond motifs is 2. The minimum atomic E-state index is -5.16. The summed E-state index contributed by atoms with van der Waals surface area (Å²) >= 11 is 0. The van der Waals surface area contributed by atoms with Crippen LogP contribution >= 0.6 is 0 Å². The molecule has 0 aliphatic heterocycles. The molecule has 0 fully saturated rings.